The SMILES string of the molecule is CCN(CC)N1COCC1(C)C. The van der Waals surface area contributed by atoms with Crippen molar-refractivity contribution in [3.63, 3.8) is 0 Å². The van der Waals surface area contributed by atoms with Crippen molar-refractivity contribution in [2.24, 2.45) is 0 Å². The Hall–Kier alpha value is -0.120. The van der Waals surface area contributed by atoms with E-state index >= 15 is 0 Å². The van der Waals surface area contributed by atoms with Crippen LogP contribution in [0.4, 0.5) is 0 Å². The van der Waals surface area contributed by atoms with Gasteiger partial charge in [-0.15, -0.1) is 0 Å². The van der Waals surface area contributed by atoms with Gasteiger partial charge in [-0.05, 0) is 13.8 Å². The predicted octanol–water partition coefficient (Wildman–Crippen LogP) is 1.31. The Morgan fingerprint density at radius 1 is 1.33 bits per heavy atom. The van der Waals surface area contributed by atoms with E-state index in [0.29, 0.717) is 0 Å². The molecule has 12 heavy (non-hydrogen) atoms. The fourth-order valence-electron chi connectivity index (χ4n) is 1.66. The minimum atomic E-state index is 0.173. The van der Waals surface area contributed by atoms with E-state index in [0.717, 1.165) is 26.4 Å². The first-order valence-corrected chi connectivity index (χ1v) is 4.72. The molecule has 0 aromatic heterocycles. The third-order valence-electron chi connectivity index (χ3n) is 2.44. The summed E-state index contributed by atoms with van der Waals surface area (Å²) >= 11 is 0. The van der Waals surface area contributed by atoms with Crippen molar-refractivity contribution in [1.82, 2.24) is 10.0 Å². The maximum Gasteiger partial charge on any atom is 0.113 e. The zero-order chi connectivity index (χ0) is 9.19. The molecule has 0 saturated carbocycles. The fraction of sp³-hybridized carbons (Fsp3) is 1.00. The van der Waals surface area contributed by atoms with E-state index in [1.165, 1.54) is 0 Å². The summed E-state index contributed by atoms with van der Waals surface area (Å²) in [6, 6.07) is 0. The van der Waals surface area contributed by atoms with Crippen LogP contribution in [-0.2, 0) is 4.74 Å². The predicted molar refractivity (Wildman–Crippen MR) is 49.7 cm³/mol. The summed E-state index contributed by atoms with van der Waals surface area (Å²) in [7, 11) is 0. The normalized spacial score (nSPS) is 23.8. The van der Waals surface area contributed by atoms with Gasteiger partial charge in [0.15, 0.2) is 0 Å². The summed E-state index contributed by atoms with van der Waals surface area (Å²) < 4.78 is 5.44. The molecule has 1 fully saturated rings. The van der Waals surface area contributed by atoms with Gasteiger partial charge in [0.25, 0.3) is 0 Å². The smallest absolute Gasteiger partial charge is 0.113 e. The molecule has 0 aromatic rings. The Morgan fingerprint density at radius 2 is 1.92 bits per heavy atom. The van der Waals surface area contributed by atoms with Crippen LogP contribution in [0, 0.1) is 0 Å². The summed E-state index contributed by atoms with van der Waals surface area (Å²) in [4.78, 5) is 0. The van der Waals surface area contributed by atoms with Gasteiger partial charge in [0, 0.05) is 13.1 Å². The monoisotopic (exact) mass is 172 g/mol. The summed E-state index contributed by atoms with van der Waals surface area (Å²) in [6.07, 6.45) is 0. The third-order valence-corrected chi connectivity index (χ3v) is 2.44. The molecular formula is C9H20N2O. The van der Waals surface area contributed by atoms with Crippen molar-refractivity contribution in [3.8, 4) is 0 Å². The van der Waals surface area contributed by atoms with Crippen LogP contribution in [-0.4, -0.2) is 42.0 Å². The molecule has 1 aliphatic heterocycles. The Kier molecular flexibility index (Phi) is 3.09. The number of hydrogen-bond donors (Lipinski definition) is 0. The Balaban J connectivity index is 2.60. The number of ether oxygens (including phenoxy) is 1. The second-order valence-corrected chi connectivity index (χ2v) is 3.83. The lowest BCUT2D eigenvalue weighted by Gasteiger charge is -2.37. The van der Waals surface area contributed by atoms with Crippen LogP contribution >= 0.6 is 0 Å². The summed E-state index contributed by atoms with van der Waals surface area (Å²) in [5, 5.41) is 4.64. The van der Waals surface area contributed by atoms with Crippen LogP contribution < -0.4 is 0 Å². The molecule has 0 aliphatic carbocycles. The van der Waals surface area contributed by atoms with E-state index < -0.39 is 0 Å². The maximum absolute atomic E-state index is 5.44. The van der Waals surface area contributed by atoms with Gasteiger partial charge < -0.3 is 4.74 Å². The lowest BCUT2D eigenvalue weighted by Crippen LogP contribution is -2.51. The minimum Gasteiger partial charge on any atom is -0.363 e. The number of rotatable bonds is 3. The molecule has 0 bridgehead atoms. The molecule has 1 aliphatic rings. The molecule has 0 spiro atoms. The van der Waals surface area contributed by atoms with Crippen molar-refractivity contribution in [3.05, 3.63) is 0 Å². The standard InChI is InChI=1S/C9H20N2O/c1-5-10(6-2)11-8-12-7-9(11,3)4/h5-8H2,1-4H3. The first-order valence-electron chi connectivity index (χ1n) is 4.72. The van der Waals surface area contributed by atoms with Gasteiger partial charge in [-0.1, -0.05) is 13.8 Å². The minimum absolute atomic E-state index is 0.173. The molecular weight excluding hydrogens is 152 g/mol. The quantitative estimate of drug-likeness (QED) is 0.638. The highest BCUT2D eigenvalue weighted by Gasteiger charge is 2.35. The Bertz CT molecular complexity index is 143. The number of hydrazine groups is 1. The second-order valence-electron chi connectivity index (χ2n) is 3.83. The van der Waals surface area contributed by atoms with Gasteiger partial charge in [0.2, 0.25) is 0 Å². The van der Waals surface area contributed by atoms with Crippen molar-refractivity contribution < 1.29 is 4.74 Å². The van der Waals surface area contributed by atoms with Gasteiger partial charge in [-0.25, -0.2) is 10.0 Å². The lowest BCUT2D eigenvalue weighted by atomic mass is 10.1. The second kappa shape index (κ2) is 3.73. The maximum atomic E-state index is 5.44. The van der Waals surface area contributed by atoms with Gasteiger partial charge >= 0.3 is 0 Å². The van der Waals surface area contributed by atoms with Crippen molar-refractivity contribution >= 4 is 0 Å². The highest BCUT2D eigenvalue weighted by atomic mass is 16.5. The molecule has 1 rings (SSSR count). The highest BCUT2D eigenvalue weighted by molar-refractivity contribution is 4.82. The Morgan fingerprint density at radius 3 is 2.25 bits per heavy atom. The fourth-order valence-corrected chi connectivity index (χ4v) is 1.66. The molecule has 1 heterocycles. The average Bonchev–Trinajstić information content (AvgIpc) is 2.34. The molecule has 72 valence electrons. The van der Waals surface area contributed by atoms with E-state index in [2.05, 4.69) is 37.7 Å². The van der Waals surface area contributed by atoms with Crippen LogP contribution in [0.3, 0.4) is 0 Å². The van der Waals surface area contributed by atoms with Gasteiger partial charge in [0.1, 0.15) is 6.73 Å². The van der Waals surface area contributed by atoms with E-state index in [9.17, 15) is 0 Å². The molecule has 3 heteroatoms. The zero-order valence-corrected chi connectivity index (χ0v) is 8.63. The van der Waals surface area contributed by atoms with E-state index in [1.807, 2.05) is 0 Å². The first-order chi connectivity index (χ1) is 5.61. The van der Waals surface area contributed by atoms with Crippen LogP contribution in [0.2, 0.25) is 0 Å². The number of nitrogens with zero attached hydrogens (tertiary/aromatic N) is 2. The first kappa shape index (κ1) is 9.96. The molecule has 0 radical (unpaired) electrons. The Labute approximate surface area is 75.3 Å². The molecule has 3 nitrogen and oxygen atoms in total. The number of hydrogen-bond acceptors (Lipinski definition) is 3. The topological polar surface area (TPSA) is 15.7 Å². The molecule has 0 atom stereocenters. The van der Waals surface area contributed by atoms with Crippen LogP contribution in [0.5, 0.6) is 0 Å². The average molecular weight is 172 g/mol. The van der Waals surface area contributed by atoms with Crippen LogP contribution in [0.1, 0.15) is 27.7 Å². The summed E-state index contributed by atoms with van der Waals surface area (Å²) in [5.41, 5.74) is 0.173. The van der Waals surface area contributed by atoms with E-state index in [-0.39, 0.29) is 5.54 Å². The molecule has 0 unspecified atom stereocenters. The van der Waals surface area contributed by atoms with Crippen LogP contribution in [0.15, 0.2) is 0 Å². The lowest BCUT2D eigenvalue weighted by molar-refractivity contribution is -0.0751. The van der Waals surface area contributed by atoms with Crippen molar-refractivity contribution in [2.45, 2.75) is 33.2 Å². The summed E-state index contributed by atoms with van der Waals surface area (Å²) in [6.45, 7) is 12.5. The van der Waals surface area contributed by atoms with Gasteiger partial charge in [0.05, 0.1) is 12.1 Å². The van der Waals surface area contributed by atoms with Crippen LogP contribution in [0.25, 0.3) is 0 Å². The van der Waals surface area contributed by atoms with E-state index in [1.54, 1.807) is 0 Å². The molecule has 1 saturated heterocycles. The highest BCUT2D eigenvalue weighted by Crippen LogP contribution is 2.22. The molecule has 0 amide bonds. The van der Waals surface area contributed by atoms with Crippen molar-refractivity contribution in [1.29, 1.82) is 0 Å². The summed E-state index contributed by atoms with van der Waals surface area (Å²) in [5.74, 6) is 0. The zero-order valence-electron chi connectivity index (χ0n) is 8.63. The van der Waals surface area contributed by atoms with Gasteiger partial charge in [-0.3, -0.25) is 0 Å². The molecule has 0 N–H and O–H groups in total. The molecule has 0 aromatic carbocycles. The van der Waals surface area contributed by atoms with E-state index in [4.69, 9.17) is 4.74 Å². The van der Waals surface area contributed by atoms with Gasteiger partial charge in [-0.2, -0.15) is 0 Å². The van der Waals surface area contributed by atoms with Crippen molar-refractivity contribution in [2.75, 3.05) is 26.4 Å². The third kappa shape index (κ3) is 1.79. The largest absolute Gasteiger partial charge is 0.363 e.